The highest BCUT2D eigenvalue weighted by molar-refractivity contribution is 5.48. The van der Waals surface area contributed by atoms with Gasteiger partial charge in [0.1, 0.15) is 0 Å². The molecule has 0 bridgehead atoms. The highest BCUT2D eigenvalue weighted by Gasteiger charge is 2.43. The minimum atomic E-state index is 0.477. The van der Waals surface area contributed by atoms with Gasteiger partial charge < -0.3 is 15.0 Å². The van der Waals surface area contributed by atoms with Crippen LogP contribution in [0, 0.1) is 5.41 Å². The normalized spacial score (nSPS) is 24.4. The summed E-state index contributed by atoms with van der Waals surface area (Å²) >= 11 is 0. The maximum atomic E-state index is 5.57. The van der Waals surface area contributed by atoms with Crippen LogP contribution >= 0.6 is 0 Å². The first-order valence-corrected chi connectivity index (χ1v) is 8.14. The Morgan fingerprint density at radius 1 is 1.33 bits per heavy atom. The summed E-state index contributed by atoms with van der Waals surface area (Å²) in [5.41, 5.74) is 2.84. The van der Waals surface area contributed by atoms with E-state index >= 15 is 0 Å². The molecule has 1 N–H and O–H groups in total. The van der Waals surface area contributed by atoms with Crippen LogP contribution in [0.25, 0.3) is 0 Å². The lowest BCUT2D eigenvalue weighted by Gasteiger charge is -2.39. The van der Waals surface area contributed by atoms with E-state index < -0.39 is 0 Å². The molecular weight excluding hydrogens is 262 g/mol. The fraction of sp³-hybridized carbons (Fsp3) is 0.706. The predicted octanol–water partition coefficient (Wildman–Crippen LogP) is 2.59. The van der Waals surface area contributed by atoms with Gasteiger partial charge in [0, 0.05) is 46.1 Å². The fourth-order valence-corrected chi connectivity index (χ4v) is 4.03. The molecule has 21 heavy (non-hydrogen) atoms. The van der Waals surface area contributed by atoms with Crippen LogP contribution in [-0.2, 0) is 11.3 Å². The lowest BCUT2D eigenvalue weighted by atomic mass is 9.75. The summed E-state index contributed by atoms with van der Waals surface area (Å²) in [4.78, 5) is 6.71. The molecule has 0 radical (unpaired) electrons. The maximum Gasteiger partial charge on any atom is 0.0774 e. The second-order valence-electron chi connectivity index (χ2n) is 6.66. The number of hydrogen-bond acceptors (Lipinski definition) is 4. The molecule has 2 fully saturated rings. The molecule has 1 saturated carbocycles. The Morgan fingerprint density at radius 2 is 2.14 bits per heavy atom. The van der Waals surface area contributed by atoms with E-state index in [1.807, 2.05) is 12.3 Å². The van der Waals surface area contributed by atoms with Crippen molar-refractivity contribution >= 4 is 5.69 Å². The standard InChI is InChI=1S/C17H27N3O/c1-20(2)15-5-4-10-18-14(15)13-19-16-6-3-7-17(16)8-11-21-12-9-17/h4-5,10,16,19H,3,6-9,11-13H2,1-2H3. The first-order chi connectivity index (χ1) is 10.2. The monoisotopic (exact) mass is 289 g/mol. The van der Waals surface area contributed by atoms with Crippen LogP contribution in [0.4, 0.5) is 5.69 Å². The average molecular weight is 289 g/mol. The van der Waals surface area contributed by atoms with Crippen molar-refractivity contribution in [2.45, 2.75) is 44.7 Å². The summed E-state index contributed by atoms with van der Waals surface area (Å²) in [6.45, 7) is 2.73. The molecular formula is C17H27N3O. The number of pyridine rings is 1. The van der Waals surface area contributed by atoms with Gasteiger partial charge in [-0.15, -0.1) is 0 Å². The zero-order valence-electron chi connectivity index (χ0n) is 13.3. The number of aromatic nitrogens is 1. The fourth-order valence-electron chi connectivity index (χ4n) is 4.03. The average Bonchev–Trinajstić information content (AvgIpc) is 2.88. The largest absolute Gasteiger partial charge is 0.381 e. The Labute approximate surface area is 127 Å². The number of rotatable bonds is 4. The van der Waals surface area contributed by atoms with Crippen molar-refractivity contribution in [2.75, 3.05) is 32.2 Å². The Balaban J connectivity index is 1.67. The summed E-state index contributed by atoms with van der Waals surface area (Å²) in [7, 11) is 4.16. The Hall–Kier alpha value is -1.13. The summed E-state index contributed by atoms with van der Waals surface area (Å²) in [5.74, 6) is 0. The lowest BCUT2D eigenvalue weighted by Crippen LogP contribution is -2.44. The van der Waals surface area contributed by atoms with E-state index in [0.29, 0.717) is 11.5 Å². The van der Waals surface area contributed by atoms with Gasteiger partial charge in [0.25, 0.3) is 0 Å². The number of anilines is 1. The van der Waals surface area contributed by atoms with Crippen molar-refractivity contribution in [2.24, 2.45) is 5.41 Å². The van der Waals surface area contributed by atoms with Gasteiger partial charge in [0.05, 0.1) is 11.4 Å². The van der Waals surface area contributed by atoms with Gasteiger partial charge in [0.2, 0.25) is 0 Å². The second-order valence-corrected chi connectivity index (χ2v) is 6.66. The molecule has 2 aliphatic rings. The van der Waals surface area contributed by atoms with Gasteiger partial charge in [-0.1, -0.05) is 6.42 Å². The zero-order valence-corrected chi connectivity index (χ0v) is 13.3. The molecule has 1 aliphatic carbocycles. The molecule has 0 aromatic carbocycles. The summed E-state index contributed by atoms with van der Waals surface area (Å²) in [6.07, 6.45) is 8.32. The Bertz CT molecular complexity index is 469. The molecule has 0 amide bonds. The topological polar surface area (TPSA) is 37.4 Å². The molecule has 4 nitrogen and oxygen atoms in total. The Morgan fingerprint density at radius 3 is 2.90 bits per heavy atom. The van der Waals surface area contributed by atoms with Crippen LogP contribution in [-0.4, -0.2) is 38.3 Å². The van der Waals surface area contributed by atoms with E-state index in [9.17, 15) is 0 Å². The van der Waals surface area contributed by atoms with E-state index in [-0.39, 0.29) is 0 Å². The third kappa shape index (κ3) is 3.06. The van der Waals surface area contributed by atoms with Gasteiger partial charge in [-0.2, -0.15) is 0 Å². The number of nitrogens with zero attached hydrogens (tertiary/aromatic N) is 2. The van der Waals surface area contributed by atoms with Gasteiger partial charge in [0.15, 0.2) is 0 Å². The molecule has 116 valence electrons. The summed E-state index contributed by atoms with van der Waals surface area (Å²) in [5, 5.41) is 3.81. The van der Waals surface area contributed by atoms with Crippen molar-refractivity contribution in [1.82, 2.24) is 10.3 Å². The van der Waals surface area contributed by atoms with E-state index in [0.717, 1.165) is 25.5 Å². The van der Waals surface area contributed by atoms with Gasteiger partial charge in [-0.05, 0) is 43.2 Å². The predicted molar refractivity (Wildman–Crippen MR) is 85.5 cm³/mol. The smallest absolute Gasteiger partial charge is 0.0774 e. The van der Waals surface area contributed by atoms with Crippen molar-refractivity contribution in [3.63, 3.8) is 0 Å². The third-order valence-corrected chi connectivity index (χ3v) is 5.26. The molecule has 1 aromatic heterocycles. The maximum absolute atomic E-state index is 5.57. The minimum Gasteiger partial charge on any atom is -0.381 e. The molecule has 2 heterocycles. The highest BCUT2D eigenvalue weighted by atomic mass is 16.5. The molecule has 4 heteroatoms. The summed E-state index contributed by atoms with van der Waals surface area (Å²) in [6, 6.07) is 4.77. The number of hydrogen-bond donors (Lipinski definition) is 1. The van der Waals surface area contributed by atoms with Gasteiger partial charge in [-0.3, -0.25) is 4.98 Å². The van der Waals surface area contributed by atoms with Crippen molar-refractivity contribution in [3.8, 4) is 0 Å². The van der Waals surface area contributed by atoms with Crippen molar-refractivity contribution < 1.29 is 4.74 Å². The van der Waals surface area contributed by atoms with Crippen LogP contribution in [0.5, 0.6) is 0 Å². The van der Waals surface area contributed by atoms with E-state index in [2.05, 4.69) is 35.4 Å². The quantitative estimate of drug-likeness (QED) is 0.924. The van der Waals surface area contributed by atoms with Crippen LogP contribution < -0.4 is 10.2 Å². The number of ether oxygens (including phenoxy) is 1. The number of nitrogens with one attached hydrogen (secondary N) is 1. The molecule has 1 unspecified atom stereocenters. The minimum absolute atomic E-state index is 0.477. The van der Waals surface area contributed by atoms with Crippen LogP contribution in [0.1, 0.15) is 37.8 Å². The van der Waals surface area contributed by atoms with Gasteiger partial charge >= 0.3 is 0 Å². The van der Waals surface area contributed by atoms with Crippen LogP contribution in [0.3, 0.4) is 0 Å². The van der Waals surface area contributed by atoms with Crippen molar-refractivity contribution in [1.29, 1.82) is 0 Å². The highest BCUT2D eigenvalue weighted by Crippen LogP contribution is 2.46. The van der Waals surface area contributed by atoms with Crippen LogP contribution in [0.2, 0.25) is 0 Å². The third-order valence-electron chi connectivity index (χ3n) is 5.26. The van der Waals surface area contributed by atoms with Crippen molar-refractivity contribution in [3.05, 3.63) is 24.0 Å². The van der Waals surface area contributed by atoms with E-state index in [1.165, 1.54) is 37.8 Å². The van der Waals surface area contributed by atoms with E-state index in [1.54, 1.807) is 0 Å². The van der Waals surface area contributed by atoms with Gasteiger partial charge in [-0.25, -0.2) is 0 Å². The SMILES string of the molecule is CN(C)c1cccnc1CNC1CCCC12CCOCC2. The summed E-state index contributed by atoms with van der Waals surface area (Å²) < 4.78 is 5.57. The zero-order chi connectivity index (χ0) is 14.7. The first kappa shape index (κ1) is 14.8. The molecule has 1 atom stereocenters. The molecule has 1 aliphatic heterocycles. The second kappa shape index (κ2) is 6.32. The lowest BCUT2D eigenvalue weighted by molar-refractivity contribution is 0.00411. The van der Waals surface area contributed by atoms with Crippen LogP contribution in [0.15, 0.2) is 18.3 Å². The molecule has 1 aromatic rings. The molecule has 3 rings (SSSR count). The molecule has 1 spiro atoms. The Kier molecular flexibility index (Phi) is 4.45. The van der Waals surface area contributed by atoms with E-state index in [4.69, 9.17) is 4.74 Å². The first-order valence-electron chi connectivity index (χ1n) is 8.14. The molecule has 1 saturated heterocycles.